The lowest BCUT2D eigenvalue weighted by Crippen LogP contribution is -2.25. The van der Waals surface area contributed by atoms with Crippen LogP contribution in [-0.2, 0) is 0 Å². The van der Waals surface area contributed by atoms with Crippen molar-refractivity contribution in [2.24, 2.45) is 0 Å². The molecule has 1 atom stereocenters. The summed E-state index contributed by atoms with van der Waals surface area (Å²) in [5.41, 5.74) is 4.87. The van der Waals surface area contributed by atoms with E-state index in [2.05, 4.69) is 32.6 Å². The Kier molecular flexibility index (Phi) is 5.40. The van der Waals surface area contributed by atoms with Crippen LogP contribution in [0.5, 0.6) is 0 Å². The third-order valence-corrected chi connectivity index (χ3v) is 5.46. The third kappa shape index (κ3) is 3.61. The molecule has 4 rings (SSSR count). The summed E-state index contributed by atoms with van der Waals surface area (Å²) >= 11 is 0. The zero-order valence-electron chi connectivity index (χ0n) is 17.2. The van der Waals surface area contributed by atoms with Crippen molar-refractivity contribution in [3.8, 4) is 12.1 Å². The van der Waals surface area contributed by atoms with Gasteiger partial charge in [0.05, 0.1) is 53.2 Å². The van der Waals surface area contributed by atoms with Crippen LogP contribution in [-0.4, -0.2) is 40.5 Å². The first-order valence-corrected chi connectivity index (χ1v) is 9.81. The molecule has 0 saturated carbocycles. The number of aromatic amines is 1. The number of aliphatic hydroxyl groups excluding tert-OH is 1. The molecule has 2 aromatic heterocycles. The molecule has 0 saturated heterocycles. The van der Waals surface area contributed by atoms with Crippen molar-refractivity contribution in [3.63, 3.8) is 0 Å². The number of fused-ring (bicyclic) bond motifs is 1. The van der Waals surface area contributed by atoms with Gasteiger partial charge in [0.25, 0.3) is 0 Å². The maximum atomic E-state index is 10.1. The second-order valence-electron chi connectivity index (χ2n) is 7.37. The monoisotopic (exact) mass is 411 g/mol. The van der Waals surface area contributed by atoms with E-state index in [1.54, 1.807) is 12.4 Å². The number of benzene rings is 1. The van der Waals surface area contributed by atoms with Gasteiger partial charge in [0.1, 0.15) is 5.82 Å². The summed E-state index contributed by atoms with van der Waals surface area (Å²) in [7, 11) is 1.85. The Hall–Kier alpha value is -4.14. The van der Waals surface area contributed by atoms with Crippen molar-refractivity contribution < 1.29 is 5.11 Å². The molecule has 0 amide bonds. The number of anilines is 1. The first kappa shape index (κ1) is 20.1. The number of nitrogens with zero attached hydrogens (tertiary/aromatic N) is 5. The van der Waals surface area contributed by atoms with Crippen LogP contribution in [0.2, 0.25) is 0 Å². The molecular weight excluding hydrogens is 390 g/mol. The maximum Gasteiger partial charge on any atom is 0.128 e. The molecule has 0 spiro atoms. The number of rotatable bonds is 5. The summed E-state index contributed by atoms with van der Waals surface area (Å²) in [5.74, 6) is 0.194. The molecule has 31 heavy (non-hydrogen) atoms. The fourth-order valence-electron chi connectivity index (χ4n) is 3.85. The molecule has 3 N–H and O–H groups in total. The maximum absolute atomic E-state index is 10.1. The smallest absolute Gasteiger partial charge is 0.128 e. The molecular formula is C23H21N7O. The highest BCUT2D eigenvalue weighted by molar-refractivity contribution is 5.82. The molecule has 0 fully saturated rings. The zero-order chi connectivity index (χ0) is 22.0. The predicted molar refractivity (Wildman–Crippen MR) is 117 cm³/mol. The van der Waals surface area contributed by atoms with Gasteiger partial charge in [0, 0.05) is 36.4 Å². The summed E-state index contributed by atoms with van der Waals surface area (Å²) in [6.07, 6.45) is 3.40. The van der Waals surface area contributed by atoms with Gasteiger partial charge < -0.3 is 15.3 Å². The molecule has 3 heterocycles. The minimum absolute atomic E-state index is 0.0126. The largest absolute Gasteiger partial charge is 0.395 e. The van der Waals surface area contributed by atoms with Crippen LogP contribution < -0.4 is 10.2 Å². The topological polar surface area (TPSA) is 125 Å². The van der Waals surface area contributed by atoms with Gasteiger partial charge in [0.2, 0.25) is 0 Å². The van der Waals surface area contributed by atoms with Gasteiger partial charge in [-0.2, -0.15) is 15.6 Å². The minimum atomic E-state index is -0.489. The van der Waals surface area contributed by atoms with E-state index in [9.17, 15) is 15.6 Å². The van der Waals surface area contributed by atoms with Crippen molar-refractivity contribution in [1.82, 2.24) is 20.5 Å². The fraction of sp³-hybridized carbons (Fsp3) is 0.217. The van der Waals surface area contributed by atoms with Crippen molar-refractivity contribution in [1.29, 1.82) is 10.5 Å². The van der Waals surface area contributed by atoms with Gasteiger partial charge in [-0.3, -0.25) is 5.10 Å². The second-order valence-corrected chi connectivity index (χ2v) is 7.37. The van der Waals surface area contributed by atoms with Gasteiger partial charge >= 0.3 is 0 Å². The van der Waals surface area contributed by atoms with E-state index in [0.717, 1.165) is 22.0 Å². The molecule has 1 unspecified atom stereocenters. The van der Waals surface area contributed by atoms with Crippen molar-refractivity contribution in [3.05, 3.63) is 70.7 Å². The summed E-state index contributed by atoms with van der Waals surface area (Å²) in [5, 5.41) is 40.4. The molecule has 1 aromatic carbocycles. The van der Waals surface area contributed by atoms with Crippen LogP contribution in [0.1, 0.15) is 24.0 Å². The molecule has 1 aliphatic rings. The average Bonchev–Trinajstić information content (AvgIpc) is 3.26. The van der Waals surface area contributed by atoms with E-state index in [-0.39, 0.29) is 6.61 Å². The van der Waals surface area contributed by atoms with E-state index < -0.39 is 5.92 Å². The Morgan fingerprint density at radius 2 is 1.97 bits per heavy atom. The highest BCUT2D eigenvalue weighted by atomic mass is 16.3. The predicted octanol–water partition coefficient (Wildman–Crippen LogP) is 2.81. The number of aliphatic hydroxyl groups is 1. The number of allylic oxidation sites excluding steroid dienone is 3. The molecule has 1 aliphatic heterocycles. The lowest BCUT2D eigenvalue weighted by molar-refractivity contribution is 0.304. The SMILES string of the molecule is CC1=C(C#N)C(c2ccc3[nH]ncc3c2)C(C#N)=C(c2ccnc(N(C)CCO)c2)N1. The molecule has 3 aromatic rings. The number of nitriles is 2. The molecule has 8 nitrogen and oxygen atoms in total. The lowest BCUT2D eigenvalue weighted by atomic mass is 9.80. The van der Waals surface area contributed by atoms with Gasteiger partial charge in [-0.05, 0) is 36.8 Å². The first-order valence-electron chi connectivity index (χ1n) is 9.81. The standard InChI is InChI=1S/C23H21N7O/c1-14-18(11-24)22(15-3-4-20-17(9-15)13-27-29-20)19(12-25)23(28-14)16-5-6-26-21(10-16)30(2)7-8-31/h3-6,9-10,13,22,28,31H,7-8H2,1-2H3,(H,27,29). The molecule has 0 radical (unpaired) electrons. The van der Waals surface area contributed by atoms with Crippen LogP contribution in [0, 0.1) is 22.7 Å². The van der Waals surface area contributed by atoms with Gasteiger partial charge in [-0.25, -0.2) is 4.98 Å². The fourth-order valence-corrected chi connectivity index (χ4v) is 3.85. The molecule has 0 aliphatic carbocycles. The normalized spacial score (nSPS) is 16.1. The summed E-state index contributed by atoms with van der Waals surface area (Å²) < 4.78 is 0. The summed E-state index contributed by atoms with van der Waals surface area (Å²) in [6, 6.07) is 14.1. The van der Waals surface area contributed by atoms with Crippen LogP contribution in [0.25, 0.3) is 16.6 Å². The van der Waals surface area contributed by atoms with E-state index in [4.69, 9.17) is 0 Å². The van der Waals surface area contributed by atoms with E-state index >= 15 is 0 Å². The Morgan fingerprint density at radius 3 is 2.71 bits per heavy atom. The summed E-state index contributed by atoms with van der Waals surface area (Å²) in [6.45, 7) is 2.30. The zero-order valence-corrected chi connectivity index (χ0v) is 17.2. The summed E-state index contributed by atoms with van der Waals surface area (Å²) in [4.78, 5) is 6.21. The van der Waals surface area contributed by atoms with Crippen LogP contribution in [0.4, 0.5) is 5.82 Å². The third-order valence-electron chi connectivity index (χ3n) is 5.46. The van der Waals surface area contributed by atoms with Crippen molar-refractivity contribution >= 4 is 22.4 Å². The number of H-pyrrole nitrogens is 1. The number of dihydropyridines is 1. The lowest BCUT2D eigenvalue weighted by Gasteiger charge is -2.28. The Balaban J connectivity index is 1.87. The van der Waals surface area contributed by atoms with E-state index in [0.29, 0.717) is 34.9 Å². The highest BCUT2D eigenvalue weighted by Crippen LogP contribution is 2.40. The second kappa shape index (κ2) is 8.31. The van der Waals surface area contributed by atoms with Crippen LogP contribution in [0.15, 0.2) is 59.6 Å². The number of likely N-dealkylation sites (N-methyl/N-ethyl adjacent to an activating group) is 1. The van der Waals surface area contributed by atoms with Crippen molar-refractivity contribution in [2.45, 2.75) is 12.8 Å². The molecule has 8 heteroatoms. The van der Waals surface area contributed by atoms with Crippen molar-refractivity contribution in [2.75, 3.05) is 25.1 Å². The number of aromatic nitrogens is 3. The number of hydrogen-bond acceptors (Lipinski definition) is 7. The number of hydrogen-bond donors (Lipinski definition) is 3. The van der Waals surface area contributed by atoms with Crippen LogP contribution >= 0.6 is 0 Å². The number of pyridine rings is 1. The Labute approximate surface area is 179 Å². The van der Waals surface area contributed by atoms with E-state index in [1.807, 2.05) is 49.2 Å². The number of nitrogens with one attached hydrogen (secondary N) is 2. The molecule has 0 bridgehead atoms. The van der Waals surface area contributed by atoms with Crippen LogP contribution in [0.3, 0.4) is 0 Å². The van der Waals surface area contributed by atoms with Gasteiger partial charge in [0.15, 0.2) is 0 Å². The first-order chi connectivity index (χ1) is 15.1. The highest BCUT2D eigenvalue weighted by Gasteiger charge is 2.31. The minimum Gasteiger partial charge on any atom is -0.395 e. The average molecular weight is 411 g/mol. The van der Waals surface area contributed by atoms with E-state index in [1.165, 1.54) is 0 Å². The van der Waals surface area contributed by atoms with Gasteiger partial charge in [-0.1, -0.05) is 6.07 Å². The quantitative estimate of drug-likeness (QED) is 0.589. The molecule has 154 valence electrons. The Morgan fingerprint density at radius 1 is 1.16 bits per heavy atom. The van der Waals surface area contributed by atoms with Gasteiger partial charge in [-0.15, -0.1) is 0 Å². The Bertz CT molecular complexity index is 1290.